The maximum absolute atomic E-state index is 13.9. The molecule has 0 aliphatic rings. The molecule has 0 unspecified atom stereocenters. The third kappa shape index (κ3) is 2.96. The van der Waals surface area contributed by atoms with Crippen LogP contribution in [0.25, 0.3) is 0 Å². The van der Waals surface area contributed by atoms with Gasteiger partial charge in [-0.3, -0.25) is 4.79 Å². The summed E-state index contributed by atoms with van der Waals surface area (Å²) < 4.78 is 18.8. The van der Waals surface area contributed by atoms with Gasteiger partial charge in [0.25, 0.3) is 0 Å². The Kier molecular flexibility index (Phi) is 3.76. The molecule has 1 aromatic carbocycles. The minimum absolute atomic E-state index is 0.131. The SMILES string of the molecule is COc1cc(C)cc(CC(C)(C)C(=O)O)c1F. The van der Waals surface area contributed by atoms with Crippen LogP contribution in [0.3, 0.4) is 0 Å². The molecular weight excluding hydrogens is 223 g/mol. The van der Waals surface area contributed by atoms with Crippen LogP contribution in [0.2, 0.25) is 0 Å². The molecule has 0 bridgehead atoms. The first-order valence-corrected chi connectivity index (χ1v) is 5.34. The predicted octanol–water partition coefficient (Wildman–Crippen LogP) is 2.80. The molecule has 0 radical (unpaired) electrons. The highest BCUT2D eigenvalue weighted by Crippen LogP contribution is 2.29. The maximum Gasteiger partial charge on any atom is 0.309 e. The van der Waals surface area contributed by atoms with Gasteiger partial charge in [-0.25, -0.2) is 4.39 Å². The van der Waals surface area contributed by atoms with Crippen molar-refractivity contribution in [3.8, 4) is 5.75 Å². The van der Waals surface area contributed by atoms with Gasteiger partial charge in [0.15, 0.2) is 11.6 Å². The Bertz CT molecular complexity index is 439. The summed E-state index contributed by atoms with van der Waals surface area (Å²) in [5.41, 5.74) is 0.216. The number of ether oxygens (including phenoxy) is 1. The van der Waals surface area contributed by atoms with Crippen LogP contribution in [0.15, 0.2) is 12.1 Å². The summed E-state index contributed by atoms with van der Waals surface area (Å²) >= 11 is 0. The van der Waals surface area contributed by atoms with E-state index in [4.69, 9.17) is 9.84 Å². The van der Waals surface area contributed by atoms with E-state index in [1.165, 1.54) is 7.11 Å². The van der Waals surface area contributed by atoms with Gasteiger partial charge in [0.05, 0.1) is 12.5 Å². The fraction of sp³-hybridized carbons (Fsp3) is 0.462. The Hall–Kier alpha value is -1.58. The number of benzene rings is 1. The van der Waals surface area contributed by atoms with Crippen LogP contribution in [0.1, 0.15) is 25.0 Å². The summed E-state index contributed by atoms with van der Waals surface area (Å²) in [6.45, 7) is 4.96. The lowest BCUT2D eigenvalue weighted by Crippen LogP contribution is -2.26. The Balaban J connectivity index is 3.15. The number of hydrogen-bond donors (Lipinski definition) is 1. The molecule has 0 fully saturated rings. The lowest BCUT2D eigenvalue weighted by molar-refractivity contribution is -0.146. The molecule has 1 aromatic rings. The summed E-state index contributed by atoms with van der Waals surface area (Å²) in [5.74, 6) is -1.27. The highest BCUT2D eigenvalue weighted by Gasteiger charge is 2.29. The summed E-state index contributed by atoms with van der Waals surface area (Å²) in [6.07, 6.45) is 0.131. The number of hydrogen-bond acceptors (Lipinski definition) is 2. The van der Waals surface area contributed by atoms with Crippen molar-refractivity contribution in [3.05, 3.63) is 29.1 Å². The van der Waals surface area contributed by atoms with Crippen molar-refractivity contribution in [1.82, 2.24) is 0 Å². The van der Waals surface area contributed by atoms with Crippen LogP contribution >= 0.6 is 0 Å². The van der Waals surface area contributed by atoms with Crippen molar-refractivity contribution in [1.29, 1.82) is 0 Å². The van der Waals surface area contributed by atoms with E-state index in [0.717, 1.165) is 5.56 Å². The van der Waals surface area contributed by atoms with E-state index < -0.39 is 17.2 Å². The number of halogens is 1. The van der Waals surface area contributed by atoms with Crippen LogP contribution in [-0.4, -0.2) is 18.2 Å². The number of carboxylic acid groups (broad SMARTS) is 1. The molecule has 0 amide bonds. The van der Waals surface area contributed by atoms with Crippen molar-refractivity contribution in [2.75, 3.05) is 7.11 Å². The van der Waals surface area contributed by atoms with E-state index in [9.17, 15) is 9.18 Å². The minimum atomic E-state index is -1.00. The van der Waals surface area contributed by atoms with Gasteiger partial charge in [0.1, 0.15) is 0 Å². The number of aryl methyl sites for hydroxylation is 1. The number of methoxy groups -OCH3 is 1. The largest absolute Gasteiger partial charge is 0.494 e. The van der Waals surface area contributed by atoms with E-state index in [2.05, 4.69) is 0 Å². The molecule has 0 aliphatic heterocycles. The fourth-order valence-electron chi connectivity index (χ4n) is 1.64. The zero-order valence-corrected chi connectivity index (χ0v) is 10.5. The number of carboxylic acids is 1. The van der Waals surface area contributed by atoms with Crippen molar-refractivity contribution in [2.45, 2.75) is 27.2 Å². The van der Waals surface area contributed by atoms with Crippen LogP contribution in [0.4, 0.5) is 4.39 Å². The average Bonchev–Trinajstić information content (AvgIpc) is 2.22. The molecule has 4 heteroatoms. The Morgan fingerprint density at radius 3 is 2.53 bits per heavy atom. The second kappa shape index (κ2) is 4.73. The highest BCUT2D eigenvalue weighted by molar-refractivity contribution is 5.74. The van der Waals surface area contributed by atoms with Crippen LogP contribution in [0, 0.1) is 18.2 Å². The number of aliphatic carboxylic acids is 1. The predicted molar refractivity (Wildman–Crippen MR) is 62.8 cm³/mol. The molecule has 3 nitrogen and oxygen atoms in total. The fourth-order valence-corrected chi connectivity index (χ4v) is 1.64. The molecule has 0 spiro atoms. The van der Waals surface area contributed by atoms with E-state index in [1.54, 1.807) is 26.0 Å². The molecule has 0 aromatic heterocycles. The monoisotopic (exact) mass is 240 g/mol. The lowest BCUT2D eigenvalue weighted by atomic mass is 9.85. The molecular formula is C13H17FO3. The average molecular weight is 240 g/mol. The molecule has 94 valence electrons. The molecule has 0 saturated carbocycles. The molecule has 17 heavy (non-hydrogen) atoms. The van der Waals surface area contributed by atoms with Crippen LogP contribution in [0.5, 0.6) is 5.75 Å². The summed E-state index contributed by atoms with van der Waals surface area (Å²) in [7, 11) is 1.39. The van der Waals surface area contributed by atoms with Gasteiger partial charge in [-0.05, 0) is 44.4 Å². The molecule has 1 N–H and O–H groups in total. The van der Waals surface area contributed by atoms with Crippen molar-refractivity contribution < 1.29 is 19.0 Å². The van der Waals surface area contributed by atoms with E-state index in [-0.39, 0.29) is 12.2 Å². The van der Waals surface area contributed by atoms with Crippen molar-refractivity contribution >= 4 is 5.97 Å². The van der Waals surface area contributed by atoms with Gasteiger partial charge in [-0.1, -0.05) is 6.07 Å². The third-order valence-corrected chi connectivity index (χ3v) is 2.69. The molecule has 0 heterocycles. The second-order valence-corrected chi connectivity index (χ2v) is 4.81. The topological polar surface area (TPSA) is 46.5 Å². The summed E-state index contributed by atoms with van der Waals surface area (Å²) in [5, 5.41) is 9.04. The normalized spacial score (nSPS) is 11.4. The first-order chi connectivity index (χ1) is 7.77. The van der Waals surface area contributed by atoms with Crippen LogP contribution < -0.4 is 4.74 Å². The highest BCUT2D eigenvalue weighted by atomic mass is 19.1. The zero-order chi connectivity index (χ0) is 13.2. The lowest BCUT2D eigenvalue weighted by Gasteiger charge is -2.20. The number of carbonyl (C=O) groups is 1. The molecule has 0 atom stereocenters. The van der Waals surface area contributed by atoms with E-state index in [1.807, 2.05) is 6.92 Å². The van der Waals surface area contributed by atoms with Gasteiger partial charge in [-0.2, -0.15) is 0 Å². The molecule has 1 rings (SSSR count). The molecule has 0 saturated heterocycles. The quantitative estimate of drug-likeness (QED) is 0.880. The van der Waals surface area contributed by atoms with Crippen molar-refractivity contribution in [3.63, 3.8) is 0 Å². The zero-order valence-electron chi connectivity index (χ0n) is 10.5. The summed E-state index contributed by atoms with van der Waals surface area (Å²) in [6, 6.07) is 3.25. The smallest absolute Gasteiger partial charge is 0.309 e. The summed E-state index contributed by atoms with van der Waals surface area (Å²) in [4.78, 5) is 11.0. The van der Waals surface area contributed by atoms with Crippen LogP contribution in [-0.2, 0) is 11.2 Å². The molecule has 0 aliphatic carbocycles. The van der Waals surface area contributed by atoms with E-state index >= 15 is 0 Å². The van der Waals surface area contributed by atoms with Gasteiger partial charge in [0.2, 0.25) is 0 Å². The van der Waals surface area contributed by atoms with Gasteiger partial charge >= 0.3 is 5.97 Å². The standard InChI is InChI=1S/C13H17FO3/c1-8-5-9(7-13(2,3)12(15)16)11(14)10(6-8)17-4/h5-6H,7H2,1-4H3,(H,15,16). The van der Waals surface area contributed by atoms with E-state index in [0.29, 0.717) is 5.56 Å². The minimum Gasteiger partial charge on any atom is -0.494 e. The maximum atomic E-state index is 13.9. The first kappa shape index (κ1) is 13.5. The van der Waals surface area contributed by atoms with Gasteiger partial charge < -0.3 is 9.84 Å². The second-order valence-electron chi connectivity index (χ2n) is 4.81. The van der Waals surface area contributed by atoms with Crippen molar-refractivity contribution in [2.24, 2.45) is 5.41 Å². The Morgan fingerprint density at radius 2 is 2.06 bits per heavy atom. The Labute approximate surface area is 100 Å². The van der Waals surface area contributed by atoms with Gasteiger partial charge in [-0.15, -0.1) is 0 Å². The Morgan fingerprint density at radius 1 is 1.47 bits per heavy atom. The van der Waals surface area contributed by atoms with Gasteiger partial charge in [0, 0.05) is 0 Å². The third-order valence-electron chi connectivity index (χ3n) is 2.69. The number of rotatable bonds is 4. The first-order valence-electron chi connectivity index (χ1n) is 5.34.